The SMILES string of the molecule is CCNC(=NCc1c(C)nn(-c2ccccc2)c1C)NCCOC. The summed E-state index contributed by atoms with van der Waals surface area (Å²) in [5, 5.41) is 11.2. The summed E-state index contributed by atoms with van der Waals surface area (Å²) in [5.41, 5.74) is 4.35. The molecule has 0 fully saturated rings. The summed E-state index contributed by atoms with van der Waals surface area (Å²) in [6.07, 6.45) is 0. The molecule has 0 atom stereocenters. The predicted molar refractivity (Wildman–Crippen MR) is 97.7 cm³/mol. The first kappa shape index (κ1) is 18.0. The van der Waals surface area contributed by atoms with Crippen LogP contribution in [0.4, 0.5) is 0 Å². The maximum absolute atomic E-state index is 5.07. The third-order valence-corrected chi connectivity index (χ3v) is 3.78. The lowest BCUT2D eigenvalue weighted by Gasteiger charge is -2.11. The Morgan fingerprint density at radius 1 is 1.21 bits per heavy atom. The molecule has 6 heteroatoms. The van der Waals surface area contributed by atoms with Crippen molar-refractivity contribution in [2.45, 2.75) is 27.3 Å². The predicted octanol–water partition coefficient (Wildman–Crippen LogP) is 2.19. The number of hydrogen-bond donors (Lipinski definition) is 2. The molecule has 0 aliphatic heterocycles. The third-order valence-electron chi connectivity index (χ3n) is 3.78. The van der Waals surface area contributed by atoms with Gasteiger partial charge in [-0.25, -0.2) is 9.67 Å². The highest BCUT2D eigenvalue weighted by Gasteiger charge is 2.12. The van der Waals surface area contributed by atoms with Gasteiger partial charge >= 0.3 is 0 Å². The summed E-state index contributed by atoms with van der Waals surface area (Å²) in [7, 11) is 1.69. The first-order valence-corrected chi connectivity index (χ1v) is 8.29. The number of nitrogens with one attached hydrogen (secondary N) is 2. The Bertz CT molecular complexity index is 664. The number of rotatable bonds is 7. The van der Waals surface area contributed by atoms with Gasteiger partial charge in [0.05, 0.1) is 24.5 Å². The van der Waals surface area contributed by atoms with Crippen LogP contribution < -0.4 is 10.6 Å². The third kappa shape index (κ3) is 4.58. The van der Waals surface area contributed by atoms with Crippen LogP contribution in [0.5, 0.6) is 0 Å². The summed E-state index contributed by atoms with van der Waals surface area (Å²) in [5.74, 6) is 0.792. The quantitative estimate of drug-likeness (QED) is 0.464. The highest BCUT2D eigenvalue weighted by Crippen LogP contribution is 2.18. The molecule has 0 saturated heterocycles. The van der Waals surface area contributed by atoms with Crippen molar-refractivity contribution in [3.8, 4) is 5.69 Å². The van der Waals surface area contributed by atoms with Crippen LogP contribution in [0.1, 0.15) is 23.9 Å². The van der Waals surface area contributed by atoms with E-state index in [1.165, 1.54) is 0 Å². The fourth-order valence-electron chi connectivity index (χ4n) is 2.50. The van der Waals surface area contributed by atoms with Crippen LogP contribution in [-0.2, 0) is 11.3 Å². The summed E-state index contributed by atoms with van der Waals surface area (Å²) in [4.78, 5) is 4.67. The van der Waals surface area contributed by atoms with E-state index in [9.17, 15) is 0 Å². The lowest BCUT2D eigenvalue weighted by Crippen LogP contribution is -2.38. The van der Waals surface area contributed by atoms with Gasteiger partial charge in [0.25, 0.3) is 0 Å². The Morgan fingerprint density at radius 3 is 2.62 bits per heavy atom. The Kier molecular flexibility index (Phi) is 6.81. The van der Waals surface area contributed by atoms with E-state index in [1.807, 2.05) is 29.8 Å². The zero-order chi connectivity index (χ0) is 17.4. The van der Waals surface area contributed by atoms with Gasteiger partial charge in [0.15, 0.2) is 5.96 Å². The summed E-state index contributed by atoms with van der Waals surface area (Å²) in [6.45, 7) is 8.95. The second-order valence-corrected chi connectivity index (χ2v) is 5.51. The van der Waals surface area contributed by atoms with Gasteiger partial charge in [0.1, 0.15) is 0 Å². The number of aromatic nitrogens is 2. The summed E-state index contributed by atoms with van der Waals surface area (Å²) >= 11 is 0. The number of hydrogen-bond acceptors (Lipinski definition) is 3. The van der Waals surface area contributed by atoms with E-state index >= 15 is 0 Å². The standard InChI is InChI=1S/C18H27N5O/c1-5-19-18(20-11-12-24-4)21-13-17-14(2)22-23(15(17)3)16-9-7-6-8-10-16/h6-10H,5,11-13H2,1-4H3,(H2,19,20,21). The van der Waals surface area contributed by atoms with Crippen LogP contribution in [0.25, 0.3) is 5.69 Å². The van der Waals surface area contributed by atoms with Crippen molar-refractivity contribution >= 4 is 5.96 Å². The normalized spacial score (nSPS) is 11.6. The molecule has 0 spiro atoms. The van der Waals surface area contributed by atoms with Gasteiger partial charge in [0.2, 0.25) is 0 Å². The van der Waals surface area contributed by atoms with Crippen molar-refractivity contribution in [1.29, 1.82) is 0 Å². The van der Waals surface area contributed by atoms with Gasteiger partial charge in [-0.15, -0.1) is 0 Å². The number of aliphatic imine (C=N–C) groups is 1. The van der Waals surface area contributed by atoms with E-state index in [2.05, 4.69) is 46.7 Å². The van der Waals surface area contributed by atoms with E-state index in [0.29, 0.717) is 13.2 Å². The smallest absolute Gasteiger partial charge is 0.191 e. The van der Waals surface area contributed by atoms with Crippen molar-refractivity contribution in [3.05, 3.63) is 47.3 Å². The molecular weight excluding hydrogens is 302 g/mol. The molecule has 0 bridgehead atoms. The van der Waals surface area contributed by atoms with Crippen LogP contribution in [-0.4, -0.2) is 42.5 Å². The maximum atomic E-state index is 5.07. The van der Waals surface area contributed by atoms with E-state index < -0.39 is 0 Å². The van der Waals surface area contributed by atoms with Crippen LogP contribution in [0.3, 0.4) is 0 Å². The van der Waals surface area contributed by atoms with Gasteiger partial charge < -0.3 is 15.4 Å². The van der Waals surface area contributed by atoms with Crippen LogP contribution in [0.15, 0.2) is 35.3 Å². The molecule has 0 aliphatic rings. The van der Waals surface area contributed by atoms with Crippen molar-refractivity contribution in [2.24, 2.45) is 4.99 Å². The van der Waals surface area contributed by atoms with Crippen molar-refractivity contribution in [1.82, 2.24) is 20.4 Å². The number of benzene rings is 1. The Balaban J connectivity index is 2.16. The first-order chi connectivity index (χ1) is 11.7. The van der Waals surface area contributed by atoms with Gasteiger partial charge in [-0.2, -0.15) is 5.10 Å². The number of nitrogens with zero attached hydrogens (tertiary/aromatic N) is 3. The minimum atomic E-state index is 0.590. The number of ether oxygens (including phenoxy) is 1. The number of aryl methyl sites for hydroxylation is 1. The Hall–Kier alpha value is -2.34. The van der Waals surface area contributed by atoms with Crippen molar-refractivity contribution < 1.29 is 4.74 Å². The molecule has 0 radical (unpaired) electrons. The number of methoxy groups -OCH3 is 1. The van der Waals surface area contributed by atoms with E-state index in [0.717, 1.165) is 41.7 Å². The van der Waals surface area contributed by atoms with Gasteiger partial charge in [-0.3, -0.25) is 0 Å². The zero-order valence-electron chi connectivity index (χ0n) is 15.0. The maximum Gasteiger partial charge on any atom is 0.191 e. The minimum absolute atomic E-state index is 0.590. The van der Waals surface area contributed by atoms with Crippen LogP contribution in [0.2, 0.25) is 0 Å². The minimum Gasteiger partial charge on any atom is -0.383 e. The molecule has 2 rings (SSSR count). The lowest BCUT2D eigenvalue weighted by molar-refractivity contribution is 0.203. The highest BCUT2D eigenvalue weighted by molar-refractivity contribution is 5.79. The fourth-order valence-corrected chi connectivity index (χ4v) is 2.50. The summed E-state index contributed by atoms with van der Waals surface area (Å²) < 4.78 is 7.04. The largest absolute Gasteiger partial charge is 0.383 e. The highest BCUT2D eigenvalue weighted by atomic mass is 16.5. The molecule has 24 heavy (non-hydrogen) atoms. The average Bonchev–Trinajstić information content (AvgIpc) is 2.88. The molecule has 2 N–H and O–H groups in total. The fraction of sp³-hybridized carbons (Fsp3) is 0.444. The van der Waals surface area contributed by atoms with Gasteiger partial charge in [-0.05, 0) is 32.9 Å². The zero-order valence-corrected chi connectivity index (χ0v) is 15.0. The Labute approximate surface area is 143 Å². The van der Waals surface area contributed by atoms with E-state index in [4.69, 9.17) is 4.74 Å². The molecule has 130 valence electrons. The second-order valence-electron chi connectivity index (χ2n) is 5.51. The molecule has 1 heterocycles. The number of guanidine groups is 1. The van der Waals surface area contributed by atoms with Gasteiger partial charge in [-0.1, -0.05) is 18.2 Å². The topological polar surface area (TPSA) is 63.5 Å². The molecule has 0 amide bonds. The summed E-state index contributed by atoms with van der Waals surface area (Å²) in [6, 6.07) is 10.2. The molecule has 2 aromatic rings. The molecule has 0 aliphatic carbocycles. The van der Waals surface area contributed by atoms with Crippen LogP contribution >= 0.6 is 0 Å². The number of para-hydroxylation sites is 1. The molecule has 1 aromatic heterocycles. The second kappa shape index (κ2) is 9.08. The lowest BCUT2D eigenvalue weighted by atomic mass is 10.2. The Morgan fingerprint density at radius 2 is 1.96 bits per heavy atom. The molecule has 0 saturated carbocycles. The molecule has 6 nitrogen and oxygen atoms in total. The molecule has 1 aromatic carbocycles. The van der Waals surface area contributed by atoms with Crippen LogP contribution in [0, 0.1) is 13.8 Å². The first-order valence-electron chi connectivity index (χ1n) is 8.29. The van der Waals surface area contributed by atoms with Gasteiger partial charge in [0, 0.05) is 31.5 Å². The van der Waals surface area contributed by atoms with E-state index in [1.54, 1.807) is 7.11 Å². The van der Waals surface area contributed by atoms with E-state index in [-0.39, 0.29) is 0 Å². The van der Waals surface area contributed by atoms with Crippen molar-refractivity contribution in [2.75, 3.05) is 26.8 Å². The monoisotopic (exact) mass is 329 g/mol. The van der Waals surface area contributed by atoms with Crippen molar-refractivity contribution in [3.63, 3.8) is 0 Å². The molecule has 0 unspecified atom stereocenters. The average molecular weight is 329 g/mol. The molecular formula is C18H27N5O.